The van der Waals surface area contributed by atoms with E-state index >= 15 is 4.39 Å². The van der Waals surface area contributed by atoms with E-state index in [0.717, 1.165) is 49.8 Å². The van der Waals surface area contributed by atoms with Crippen molar-refractivity contribution in [3.05, 3.63) is 41.9 Å². The van der Waals surface area contributed by atoms with E-state index < -0.39 is 5.82 Å². The molecule has 9 nitrogen and oxygen atoms in total. The molecule has 0 spiro atoms. The number of pyridine rings is 2. The zero-order valence-corrected chi connectivity index (χ0v) is 25.6. The Balaban J connectivity index is 1.37. The number of rotatable bonds is 6. The molecule has 2 bridgehead atoms. The fourth-order valence-corrected chi connectivity index (χ4v) is 8.64. The summed E-state index contributed by atoms with van der Waals surface area (Å²) in [6.07, 6.45) is 12.2. The minimum absolute atomic E-state index is 0.00748. The van der Waals surface area contributed by atoms with Crippen LogP contribution in [-0.4, -0.2) is 84.8 Å². The summed E-state index contributed by atoms with van der Waals surface area (Å²) in [6, 6.07) is 4.87. The first-order chi connectivity index (χ1) is 21.4. The normalized spacial score (nSPS) is 25.5. The Labute approximate surface area is 257 Å². The van der Waals surface area contributed by atoms with Crippen LogP contribution in [0.5, 0.6) is 11.6 Å². The van der Waals surface area contributed by atoms with Crippen molar-refractivity contribution in [1.29, 1.82) is 0 Å². The fraction of sp³-hybridized carbons (Fsp3) is 0.500. The number of piperazine rings is 1. The third-order valence-electron chi connectivity index (χ3n) is 10.7. The SMILES string of the molecule is C/C=C/c1c(-c2c(F)cccc2OC)ncc2c3c(c(OCC45CCCN4CCC5)nc12)N(C)C(=O)C1C2CCC(CN31)N2. The van der Waals surface area contributed by atoms with Gasteiger partial charge in [0.1, 0.15) is 29.9 Å². The zero-order valence-electron chi connectivity index (χ0n) is 25.6. The standard InChI is InChI=1S/C34H39FN6O3/c1-4-8-21-27-22(17-36-28(21)26-23(35)9-5-10-25(26)43-3)29-31(32(38-27)44-19-34-13-6-15-40(34)16-7-14-34)39(2)33(42)30-24-12-11-20(37-24)18-41(29)30/h4-5,8-10,17,20,24,30,37H,6-7,11-16,18-19H2,1-3H3/b8-4+. The molecule has 5 aliphatic heterocycles. The molecule has 0 aliphatic carbocycles. The minimum Gasteiger partial charge on any atom is -0.496 e. The number of fused-ring (bicyclic) bond motifs is 9. The van der Waals surface area contributed by atoms with Crippen molar-refractivity contribution in [2.75, 3.05) is 50.2 Å². The number of aromatic nitrogens is 2. The van der Waals surface area contributed by atoms with Crippen molar-refractivity contribution >= 4 is 34.3 Å². The van der Waals surface area contributed by atoms with Crippen LogP contribution in [0, 0.1) is 5.82 Å². The highest BCUT2D eigenvalue weighted by Gasteiger charge is 2.51. The molecule has 3 unspecified atom stereocenters. The number of methoxy groups -OCH3 is 1. The lowest BCUT2D eigenvalue weighted by Crippen LogP contribution is -2.66. The summed E-state index contributed by atoms with van der Waals surface area (Å²) in [5.41, 5.74) is 3.74. The van der Waals surface area contributed by atoms with Gasteiger partial charge >= 0.3 is 0 Å². The number of benzene rings is 1. The van der Waals surface area contributed by atoms with E-state index in [0.29, 0.717) is 58.8 Å². The molecule has 1 aromatic carbocycles. The highest BCUT2D eigenvalue weighted by Crippen LogP contribution is 2.50. The maximum Gasteiger partial charge on any atom is 0.251 e. The lowest BCUT2D eigenvalue weighted by Gasteiger charge is -2.48. The van der Waals surface area contributed by atoms with Gasteiger partial charge in [-0.25, -0.2) is 9.37 Å². The number of carbonyl (C=O) groups is 1. The number of allylic oxidation sites excluding steroid dienone is 1. The highest BCUT2D eigenvalue weighted by atomic mass is 19.1. The van der Waals surface area contributed by atoms with Crippen molar-refractivity contribution in [1.82, 2.24) is 20.2 Å². The first-order valence-corrected chi connectivity index (χ1v) is 15.9. The molecule has 1 amide bonds. The van der Waals surface area contributed by atoms with E-state index in [1.165, 1.54) is 26.0 Å². The van der Waals surface area contributed by atoms with Crippen LogP contribution in [0.3, 0.4) is 0 Å². The number of hydrogen-bond acceptors (Lipinski definition) is 8. The molecule has 2 aromatic heterocycles. The molecule has 5 aliphatic rings. The average molecular weight is 599 g/mol. The Morgan fingerprint density at radius 1 is 1.18 bits per heavy atom. The molecule has 3 atom stereocenters. The Bertz CT molecular complexity index is 1680. The lowest BCUT2D eigenvalue weighted by molar-refractivity contribution is -0.120. The van der Waals surface area contributed by atoms with Crippen molar-refractivity contribution in [2.45, 2.75) is 69.1 Å². The number of amides is 1. The minimum atomic E-state index is -0.415. The summed E-state index contributed by atoms with van der Waals surface area (Å²) < 4.78 is 27.8. The maximum atomic E-state index is 15.5. The molecule has 4 fully saturated rings. The predicted octanol–water partition coefficient (Wildman–Crippen LogP) is 4.77. The van der Waals surface area contributed by atoms with Gasteiger partial charge in [0.2, 0.25) is 5.88 Å². The van der Waals surface area contributed by atoms with Gasteiger partial charge in [0.25, 0.3) is 5.91 Å². The molecular formula is C34H39FN6O3. The third kappa shape index (κ3) is 3.99. The predicted molar refractivity (Wildman–Crippen MR) is 169 cm³/mol. The lowest BCUT2D eigenvalue weighted by atomic mass is 9.94. The quantitative estimate of drug-likeness (QED) is 0.435. The molecule has 0 saturated carbocycles. The van der Waals surface area contributed by atoms with E-state index in [1.807, 2.05) is 26.1 Å². The topological polar surface area (TPSA) is 83.1 Å². The molecule has 1 N–H and O–H groups in total. The van der Waals surface area contributed by atoms with Crippen LogP contribution < -0.4 is 24.6 Å². The first-order valence-electron chi connectivity index (χ1n) is 15.9. The van der Waals surface area contributed by atoms with Crippen molar-refractivity contribution in [3.8, 4) is 22.9 Å². The molecule has 230 valence electrons. The smallest absolute Gasteiger partial charge is 0.251 e. The molecule has 8 rings (SSSR count). The molecule has 10 heteroatoms. The summed E-state index contributed by atoms with van der Waals surface area (Å²) in [5.74, 6) is 0.492. The number of likely N-dealkylation sites (N-methyl/N-ethyl adjacent to an activating group) is 1. The Morgan fingerprint density at radius 3 is 2.77 bits per heavy atom. The van der Waals surface area contributed by atoms with Gasteiger partial charge in [-0.2, -0.15) is 0 Å². The summed E-state index contributed by atoms with van der Waals surface area (Å²) in [7, 11) is 3.38. The number of anilines is 2. The fourth-order valence-electron chi connectivity index (χ4n) is 8.64. The Hall–Kier alpha value is -3.76. The number of carbonyl (C=O) groups excluding carboxylic acids is 1. The van der Waals surface area contributed by atoms with Crippen LogP contribution >= 0.6 is 0 Å². The van der Waals surface area contributed by atoms with Crippen molar-refractivity contribution in [2.24, 2.45) is 0 Å². The first kappa shape index (κ1) is 27.8. The van der Waals surface area contributed by atoms with Crippen LogP contribution in [0.1, 0.15) is 51.0 Å². The van der Waals surface area contributed by atoms with Gasteiger partial charge < -0.3 is 24.6 Å². The number of nitrogens with one attached hydrogen (secondary N) is 1. The zero-order chi connectivity index (χ0) is 30.2. The van der Waals surface area contributed by atoms with E-state index in [4.69, 9.17) is 19.4 Å². The van der Waals surface area contributed by atoms with Crippen molar-refractivity contribution in [3.63, 3.8) is 0 Å². The van der Waals surface area contributed by atoms with Crippen LogP contribution in [0.25, 0.3) is 28.2 Å². The van der Waals surface area contributed by atoms with Crippen LogP contribution in [0.4, 0.5) is 15.8 Å². The number of halogens is 1. The van der Waals surface area contributed by atoms with E-state index in [-0.39, 0.29) is 23.5 Å². The number of hydrogen-bond donors (Lipinski definition) is 1. The molecule has 3 aromatic rings. The summed E-state index contributed by atoms with van der Waals surface area (Å²) >= 11 is 0. The van der Waals surface area contributed by atoms with Gasteiger partial charge in [-0.3, -0.25) is 14.7 Å². The van der Waals surface area contributed by atoms with Crippen LogP contribution in [0.2, 0.25) is 0 Å². The second-order valence-corrected chi connectivity index (χ2v) is 13.0. The van der Waals surface area contributed by atoms with E-state index in [1.54, 1.807) is 23.2 Å². The average Bonchev–Trinajstić information content (AvgIpc) is 3.73. The third-order valence-corrected chi connectivity index (χ3v) is 10.7. The summed E-state index contributed by atoms with van der Waals surface area (Å²) in [4.78, 5) is 30.7. The maximum absolute atomic E-state index is 15.5. The van der Waals surface area contributed by atoms with Gasteiger partial charge in [0.05, 0.1) is 35.1 Å². The number of ether oxygens (including phenoxy) is 2. The van der Waals surface area contributed by atoms with Gasteiger partial charge in [0.15, 0.2) is 0 Å². The van der Waals surface area contributed by atoms with E-state index in [9.17, 15) is 4.79 Å². The summed E-state index contributed by atoms with van der Waals surface area (Å²) in [6.45, 7) is 5.36. The Kier molecular flexibility index (Phi) is 6.57. The highest BCUT2D eigenvalue weighted by molar-refractivity contribution is 6.14. The van der Waals surface area contributed by atoms with Crippen LogP contribution in [0.15, 0.2) is 30.5 Å². The number of nitrogens with zero attached hydrogens (tertiary/aromatic N) is 5. The van der Waals surface area contributed by atoms with Gasteiger partial charge in [-0.15, -0.1) is 0 Å². The van der Waals surface area contributed by atoms with E-state index in [2.05, 4.69) is 15.1 Å². The van der Waals surface area contributed by atoms with Gasteiger partial charge in [-0.1, -0.05) is 18.2 Å². The monoisotopic (exact) mass is 598 g/mol. The molecular weight excluding hydrogens is 559 g/mol. The molecule has 44 heavy (non-hydrogen) atoms. The second kappa shape index (κ2) is 10.4. The molecule has 7 heterocycles. The van der Waals surface area contributed by atoms with Crippen molar-refractivity contribution < 1.29 is 18.7 Å². The van der Waals surface area contributed by atoms with Gasteiger partial charge in [0, 0.05) is 42.8 Å². The second-order valence-electron chi connectivity index (χ2n) is 13.0. The molecule has 0 radical (unpaired) electrons. The van der Waals surface area contributed by atoms with Gasteiger partial charge in [-0.05, 0) is 70.7 Å². The Morgan fingerprint density at radius 2 is 2.00 bits per heavy atom. The van der Waals surface area contributed by atoms with Crippen LogP contribution in [-0.2, 0) is 4.79 Å². The molecule has 4 saturated heterocycles. The summed E-state index contributed by atoms with van der Waals surface area (Å²) in [5, 5.41) is 4.50. The largest absolute Gasteiger partial charge is 0.496 e.